The second-order valence-electron chi connectivity index (χ2n) is 5.19. The Labute approximate surface area is 115 Å². The largest absolute Gasteiger partial charge is 0.290 e. The Hall–Kier alpha value is -2.43. The van der Waals surface area contributed by atoms with Crippen LogP contribution in [-0.4, -0.2) is 19.7 Å². The average Bonchev–Trinajstić information content (AvgIpc) is 2.99. The Morgan fingerprint density at radius 3 is 2.70 bits per heavy atom. The van der Waals surface area contributed by atoms with Crippen molar-refractivity contribution in [1.29, 1.82) is 0 Å². The molecule has 2 aromatic heterocycles. The van der Waals surface area contributed by atoms with Crippen LogP contribution in [0, 0.1) is 0 Å². The van der Waals surface area contributed by atoms with Gasteiger partial charge in [0.2, 0.25) is 5.95 Å². The van der Waals surface area contributed by atoms with Crippen LogP contribution in [0.4, 0.5) is 0 Å². The zero-order chi connectivity index (χ0) is 13.5. The maximum atomic E-state index is 12.2. The van der Waals surface area contributed by atoms with Crippen molar-refractivity contribution < 1.29 is 0 Å². The molecule has 0 amide bonds. The van der Waals surface area contributed by atoms with E-state index in [1.165, 1.54) is 24.0 Å². The lowest BCUT2D eigenvalue weighted by Crippen LogP contribution is -2.15. The van der Waals surface area contributed by atoms with Crippen LogP contribution in [-0.2, 0) is 12.8 Å². The van der Waals surface area contributed by atoms with Gasteiger partial charge in [0.25, 0.3) is 5.56 Å². The third kappa shape index (κ3) is 1.74. The monoisotopic (exact) mass is 266 g/mol. The van der Waals surface area contributed by atoms with Crippen LogP contribution in [0.1, 0.15) is 24.0 Å². The molecule has 1 N–H and O–H groups in total. The van der Waals surface area contributed by atoms with Gasteiger partial charge in [0.05, 0.1) is 10.9 Å². The minimum Gasteiger partial charge on any atom is -0.290 e. The number of nitrogens with zero attached hydrogens (tertiary/aromatic N) is 3. The highest BCUT2D eigenvalue weighted by Gasteiger charge is 2.13. The summed E-state index contributed by atoms with van der Waals surface area (Å²) in [7, 11) is 0. The molecule has 4 rings (SSSR count). The Bertz CT molecular complexity index is 833. The summed E-state index contributed by atoms with van der Waals surface area (Å²) in [5.74, 6) is 0.461. The first-order chi connectivity index (χ1) is 9.81. The number of aromatic nitrogens is 4. The Kier molecular flexibility index (Phi) is 2.45. The minimum absolute atomic E-state index is 0.103. The highest BCUT2D eigenvalue weighted by Crippen LogP contribution is 2.24. The van der Waals surface area contributed by atoms with Gasteiger partial charge in [-0.25, -0.2) is 9.67 Å². The highest BCUT2D eigenvalue weighted by molar-refractivity contribution is 5.80. The lowest BCUT2D eigenvalue weighted by molar-refractivity contribution is 0.686. The van der Waals surface area contributed by atoms with E-state index in [2.05, 4.69) is 21.1 Å². The quantitative estimate of drug-likeness (QED) is 0.732. The molecule has 0 fully saturated rings. The zero-order valence-corrected chi connectivity index (χ0v) is 11.0. The van der Waals surface area contributed by atoms with Crippen molar-refractivity contribution in [2.24, 2.45) is 0 Å². The van der Waals surface area contributed by atoms with E-state index in [1.54, 1.807) is 23.1 Å². The molecule has 100 valence electrons. The predicted octanol–water partition coefficient (Wildman–Crippen LogP) is 1.99. The topological polar surface area (TPSA) is 63.6 Å². The Morgan fingerprint density at radius 1 is 1.15 bits per heavy atom. The molecule has 2 heterocycles. The molecule has 3 aromatic rings. The molecule has 20 heavy (non-hydrogen) atoms. The normalized spacial score (nSPS) is 14.4. The van der Waals surface area contributed by atoms with Crippen molar-refractivity contribution in [2.75, 3.05) is 0 Å². The predicted molar refractivity (Wildman–Crippen MR) is 76.1 cm³/mol. The van der Waals surface area contributed by atoms with Crippen LogP contribution in [0.25, 0.3) is 16.9 Å². The molecule has 5 heteroatoms. The second-order valence-corrected chi connectivity index (χ2v) is 5.19. The summed E-state index contributed by atoms with van der Waals surface area (Å²) in [6.45, 7) is 0. The van der Waals surface area contributed by atoms with Gasteiger partial charge < -0.3 is 0 Å². The van der Waals surface area contributed by atoms with Crippen LogP contribution >= 0.6 is 0 Å². The van der Waals surface area contributed by atoms with Crippen molar-refractivity contribution in [3.05, 3.63) is 52.1 Å². The third-order valence-electron chi connectivity index (χ3n) is 3.88. The molecule has 5 nitrogen and oxygen atoms in total. The number of aromatic amines is 1. The Balaban J connectivity index is 1.98. The number of nitrogens with one attached hydrogen (secondary N) is 1. The van der Waals surface area contributed by atoms with Crippen molar-refractivity contribution in [3.63, 3.8) is 0 Å². The first-order valence-corrected chi connectivity index (χ1v) is 6.87. The number of fused-ring (bicyclic) bond motifs is 2. The van der Waals surface area contributed by atoms with Gasteiger partial charge in [-0.2, -0.15) is 5.10 Å². The molecule has 0 radical (unpaired) electrons. The molecule has 0 aliphatic heterocycles. The number of aryl methyl sites for hydroxylation is 2. The van der Waals surface area contributed by atoms with Crippen molar-refractivity contribution in [2.45, 2.75) is 25.7 Å². The maximum Gasteiger partial charge on any atom is 0.260 e. The second kappa shape index (κ2) is 4.30. The molecule has 0 spiro atoms. The SMILES string of the molecule is O=c1[nH]c(-n2cccn2)nc2cc3c(cc12)CCCC3. The number of benzene rings is 1. The summed E-state index contributed by atoms with van der Waals surface area (Å²) >= 11 is 0. The highest BCUT2D eigenvalue weighted by atomic mass is 16.1. The van der Waals surface area contributed by atoms with Crippen LogP contribution in [0.2, 0.25) is 0 Å². The van der Waals surface area contributed by atoms with Gasteiger partial charge in [0.1, 0.15) is 0 Å². The summed E-state index contributed by atoms with van der Waals surface area (Å²) < 4.78 is 1.57. The van der Waals surface area contributed by atoms with E-state index in [-0.39, 0.29) is 5.56 Å². The standard InChI is InChI=1S/C15H14N4O/c20-14-12-8-10-4-1-2-5-11(10)9-13(12)17-15(18-14)19-7-3-6-16-19/h3,6-9H,1-2,4-5H2,(H,17,18,20). The van der Waals surface area contributed by atoms with Crippen LogP contribution in [0.15, 0.2) is 35.4 Å². The van der Waals surface area contributed by atoms with Crippen molar-refractivity contribution >= 4 is 10.9 Å². The first-order valence-electron chi connectivity index (χ1n) is 6.87. The molecule has 1 aliphatic carbocycles. The van der Waals surface area contributed by atoms with Gasteiger partial charge in [0.15, 0.2) is 0 Å². The maximum absolute atomic E-state index is 12.2. The number of hydrogen-bond acceptors (Lipinski definition) is 3. The Morgan fingerprint density at radius 2 is 1.95 bits per heavy atom. The fourth-order valence-corrected chi connectivity index (χ4v) is 2.86. The summed E-state index contributed by atoms with van der Waals surface area (Å²) in [5.41, 5.74) is 3.27. The van der Waals surface area contributed by atoms with Crippen LogP contribution in [0.5, 0.6) is 0 Å². The van der Waals surface area contributed by atoms with Gasteiger partial charge in [-0.05, 0) is 55.0 Å². The molecule has 1 aliphatic rings. The van der Waals surface area contributed by atoms with E-state index in [0.717, 1.165) is 18.4 Å². The third-order valence-corrected chi connectivity index (χ3v) is 3.88. The molecule has 1 aromatic carbocycles. The average molecular weight is 266 g/mol. The molecule has 0 unspecified atom stereocenters. The molecule has 0 saturated carbocycles. The molecule has 0 atom stereocenters. The first kappa shape index (κ1) is 11.4. The molecule has 0 saturated heterocycles. The fourth-order valence-electron chi connectivity index (χ4n) is 2.86. The van der Waals surface area contributed by atoms with Gasteiger partial charge in [-0.3, -0.25) is 9.78 Å². The van der Waals surface area contributed by atoms with Gasteiger partial charge in [0, 0.05) is 12.4 Å². The summed E-state index contributed by atoms with van der Waals surface area (Å²) in [6, 6.07) is 5.87. The lowest BCUT2D eigenvalue weighted by Gasteiger charge is -2.16. The number of hydrogen-bond donors (Lipinski definition) is 1. The van der Waals surface area contributed by atoms with E-state index in [1.807, 2.05) is 6.07 Å². The minimum atomic E-state index is -0.103. The summed E-state index contributed by atoms with van der Waals surface area (Å²) in [4.78, 5) is 19.6. The fraction of sp³-hybridized carbons (Fsp3) is 0.267. The number of H-pyrrole nitrogens is 1. The molecule has 0 bridgehead atoms. The van der Waals surface area contributed by atoms with Crippen molar-refractivity contribution in [3.8, 4) is 5.95 Å². The van der Waals surface area contributed by atoms with Crippen LogP contribution in [0.3, 0.4) is 0 Å². The van der Waals surface area contributed by atoms with E-state index >= 15 is 0 Å². The van der Waals surface area contributed by atoms with E-state index in [9.17, 15) is 4.79 Å². The van der Waals surface area contributed by atoms with E-state index in [0.29, 0.717) is 11.3 Å². The zero-order valence-electron chi connectivity index (χ0n) is 11.0. The van der Waals surface area contributed by atoms with Crippen molar-refractivity contribution in [1.82, 2.24) is 19.7 Å². The van der Waals surface area contributed by atoms with Gasteiger partial charge in [-0.1, -0.05) is 0 Å². The number of rotatable bonds is 1. The van der Waals surface area contributed by atoms with Gasteiger partial charge in [-0.15, -0.1) is 0 Å². The van der Waals surface area contributed by atoms with Crippen LogP contribution < -0.4 is 5.56 Å². The smallest absolute Gasteiger partial charge is 0.260 e. The van der Waals surface area contributed by atoms with Gasteiger partial charge >= 0.3 is 0 Å². The molecular formula is C15H14N4O. The van der Waals surface area contributed by atoms with E-state index in [4.69, 9.17) is 0 Å². The molecular weight excluding hydrogens is 252 g/mol. The van der Waals surface area contributed by atoms with E-state index < -0.39 is 0 Å². The summed E-state index contributed by atoms with van der Waals surface area (Å²) in [6.07, 6.45) is 7.99. The lowest BCUT2D eigenvalue weighted by atomic mass is 9.90. The summed E-state index contributed by atoms with van der Waals surface area (Å²) in [5, 5.41) is 4.77.